The summed E-state index contributed by atoms with van der Waals surface area (Å²) in [6, 6.07) is 0. The predicted molar refractivity (Wildman–Crippen MR) is 77.2 cm³/mol. The van der Waals surface area contributed by atoms with Crippen molar-refractivity contribution in [2.75, 3.05) is 26.2 Å². The first-order valence-electron chi connectivity index (χ1n) is 7.55. The molecule has 0 spiro atoms. The van der Waals surface area contributed by atoms with Crippen LogP contribution in [0.1, 0.15) is 31.4 Å². The van der Waals surface area contributed by atoms with Crippen molar-refractivity contribution in [2.24, 2.45) is 5.92 Å². The molecule has 2 N–H and O–H groups in total. The van der Waals surface area contributed by atoms with Crippen molar-refractivity contribution in [3.8, 4) is 0 Å². The highest BCUT2D eigenvalue weighted by atomic mass is 16.3. The molecule has 5 heteroatoms. The molecule has 1 saturated heterocycles. The first-order valence-corrected chi connectivity index (χ1v) is 7.55. The smallest absolute Gasteiger partial charge is 0.0711 e. The van der Waals surface area contributed by atoms with Crippen molar-refractivity contribution in [3.05, 3.63) is 24.3 Å². The topological polar surface area (TPSA) is 69.5 Å². The van der Waals surface area contributed by atoms with E-state index in [0.717, 1.165) is 57.4 Å². The molecule has 0 saturated carbocycles. The molecule has 1 aliphatic heterocycles. The summed E-state index contributed by atoms with van der Waals surface area (Å²) in [5.74, 6) is 0.268. The predicted octanol–water partition coefficient (Wildman–Crippen LogP) is 0.864. The molecule has 0 unspecified atom stereocenters. The van der Waals surface area contributed by atoms with E-state index in [2.05, 4.69) is 14.9 Å². The van der Waals surface area contributed by atoms with Gasteiger partial charge < -0.3 is 15.1 Å². The molecule has 1 aromatic heterocycles. The molecule has 0 bridgehead atoms. The Morgan fingerprint density at radius 3 is 2.75 bits per heavy atom. The number of aliphatic hydroxyl groups excluding tert-OH is 2. The zero-order valence-corrected chi connectivity index (χ0v) is 12.0. The maximum absolute atomic E-state index is 10.1. The molecule has 2 rings (SSSR count). The van der Waals surface area contributed by atoms with Crippen LogP contribution >= 0.6 is 0 Å². The first-order chi connectivity index (χ1) is 9.79. The second-order valence-corrected chi connectivity index (χ2v) is 5.63. The third kappa shape index (κ3) is 4.81. The largest absolute Gasteiger partial charge is 0.396 e. The van der Waals surface area contributed by atoms with E-state index in [4.69, 9.17) is 5.11 Å². The van der Waals surface area contributed by atoms with Gasteiger partial charge in [-0.25, -0.2) is 0 Å². The maximum Gasteiger partial charge on any atom is 0.0711 e. The molecule has 20 heavy (non-hydrogen) atoms. The molecule has 2 atom stereocenters. The van der Waals surface area contributed by atoms with Crippen molar-refractivity contribution in [3.63, 3.8) is 0 Å². The molecule has 2 heterocycles. The number of β-amino-alcohol motifs (C(OH)–C–C–N with tert-alkyl or cyclic N) is 1. The Bertz CT molecular complexity index is 375. The molecular weight excluding hydrogens is 254 g/mol. The summed E-state index contributed by atoms with van der Waals surface area (Å²) >= 11 is 0. The van der Waals surface area contributed by atoms with Gasteiger partial charge in [0.2, 0.25) is 0 Å². The zero-order valence-electron chi connectivity index (χ0n) is 12.0. The van der Waals surface area contributed by atoms with Gasteiger partial charge in [-0.1, -0.05) is 12.8 Å². The lowest BCUT2D eigenvalue weighted by Gasteiger charge is -2.15. The second-order valence-electron chi connectivity index (χ2n) is 5.63. The van der Waals surface area contributed by atoms with Gasteiger partial charge in [-0.3, -0.25) is 9.97 Å². The number of aromatic nitrogens is 2. The third-order valence-electron chi connectivity index (χ3n) is 3.95. The van der Waals surface area contributed by atoms with Gasteiger partial charge in [0.1, 0.15) is 0 Å². The third-order valence-corrected chi connectivity index (χ3v) is 3.95. The van der Waals surface area contributed by atoms with Gasteiger partial charge >= 0.3 is 0 Å². The summed E-state index contributed by atoms with van der Waals surface area (Å²) in [6.07, 6.45) is 10.00. The number of nitrogens with zero attached hydrogens (tertiary/aromatic N) is 3. The van der Waals surface area contributed by atoms with Gasteiger partial charge in [-0.05, 0) is 25.8 Å². The van der Waals surface area contributed by atoms with Gasteiger partial charge in [-0.15, -0.1) is 0 Å². The summed E-state index contributed by atoms with van der Waals surface area (Å²) in [7, 11) is 0. The van der Waals surface area contributed by atoms with Crippen LogP contribution < -0.4 is 0 Å². The number of hydrogen-bond donors (Lipinski definition) is 2. The zero-order chi connectivity index (χ0) is 14.2. The standard InChI is InChI=1S/C15H25N3O2/c19-8-4-2-1-3-7-18-11-13(15(20)12-18)9-14-10-16-5-6-17-14/h5-6,10,13,15,19-20H,1-4,7-9,11-12H2/t13-,15-/m1/s1. The average Bonchev–Trinajstić information content (AvgIpc) is 2.80. The Balaban J connectivity index is 1.69. The molecule has 0 amide bonds. The molecule has 0 aromatic carbocycles. The van der Waals surface area contributed by atoms with Crippen LogP contribution in [-0.4, -0.2) is 57.4 Å². The van der Waals surface area contributed by atoms with E-state index in [1.807, 2.05) is 0 Å². The first kappa shape index (κ1) is 15.4. The van der Waals surface area contributed by atoms with E-state index >= 15 is 0 Å². The monoisotopic (exact) mass is 279 g/mol. The number of aliphatic hydroxyl groups is 2. The number of rotatable bonds is 8. The van der Waals surface area contributed by atoms with E-state index in [9.17, 15) is 5.11 Å². The second kappa shape index (κ2) is 8.29. The van der Waals surface area contributed by atoms with Gasteiger partial charge in [0.05, 0.1) is 11.8 Å². The fourth-order valence-corrected chi connectivity index (χ4v) is 2.83. The average molecular weight is 279 g/mol. The molecule has 1 fully saturated rings. The highest BCUT2D eigenvalue weighted by Gasteiger charge is 2.31. The van der Waals surface area contributed by atoms with Crippen LogP contribution in [0.15, 0.2) is 18.6 Å². The van der Waals surface area contributed by atoms with Crippen molar-refractivity contribution >= 4 is 0 Å². The van der Waals surface area contributed by atoms with Crippen molar-refractivity contribution in [1.29, 1.82) is 0 Å². The maximum atomic E-state index is 10.1. The number of likely N-dealkylation sites (tertiary alicyclic amines) is 1. The number of unbranched alkanes of at least 4 members (excludes halogenated alkanes) is 3. The Morgan fingerprint density at radius 2 is 2.00 bits per heavy atom. The fourth-order valence-electron chi connectivity index (χ4n) is 2.83. The van der Waals surface area contributed by atoms with Crippen molar-refractivity contribution < 1.29 is 10.2 Å². The van der Waals surface area contributed by atoms with Gasteiger partial charge in [0.25, 0.3) is 0 Å². The van der Waals surface area contributed by atoms with Crippen LogP contribution in [0.2, 0.25) is 0 Å². The van der Waals surface area contributed by atoms with Crippen molar-refractivity contribution in [1.82, 2.24) is 14.9 Å². The van der Waals surface area contributed by atoms with Gasteiger partial charge in [0.15, 0.2) is 0 Å². The fraction of sp³-hybridized carbons (Fsp3) is 0.733. The van der Waals surface area contributed by atoms with Crippen LogP contribution in [-0.2, 0) is 6.42 Å². The van der Waals surface area contributed by atoms with Crippen LogP contribution in [0.5, 0.6) is 0 Å². The molecule has 0 aliphatic carbocycles. The normalized spacial score (nSPS) is 23.3. The minimum absolute atomic E-state index is 0.255. The minimum atomic E-state index is -0.255. The summed E-state index contributed by atoms with van der Waals surface area (Å²) in [5, 5.41) is 18.9. The lowest BCUT2D eigenvalue weighted by Crippen LogP contribution is -2.23. The Hall–Kier alpha value is -1.04. The van der Waals surface area contributed by atoms with E-state index in [1.165, 1.54) is 0 Å². The Morgan fingerprint density at radius 1 is 1.15 bits per heavy atom. The highest BCUT2D eigenvalue weighted by molar-refractivity contribution is 4.99. The van der Waals surface area contributed by atoms with Gasteiger partial charge in [0, 0.05) is 44.2 Å². The number of hydrogen-bond acceptors (Lipinski definition) is 5. The van der Waals surface area contributed by atoms with Gasteiger partial charge in [-0.2, -0.15) is 0 Å². The molecule has 112 valence electrons. The quantitative estimate of drug-likeness (QED) is 0.691. The molecule has 0 radical (unpaired) electrons. The summed E-state index contributed by atoms with van der Waals surface area (Å²) in [5.41, 5.74) is 0.960. The lowest BCUT2D eigenvalue weighted by atomic mass is 10.0. The highest BCUT2D eigenvalue weighted by Crippen LogP contribution is 2.21. The van der Waals surface area contributed by atoms with E-state index in [-0.39, 0.29) is 12.0 Å². The molecular formula is C15H25N3O2. The molecule has 1 aromatic rings. The van der Waals surface area contributed by atoms with E-state index in [0.29, 0.717) is 6.61 Å². The van der Waals surface area contributed by atoms with E-state index in [1.54, 1.807) is 18.6 Å². The van der Waals surface area contributed by atoms with E-state index < -0.39 is 0 Å². The molecule has 5 nitrogen and oxygen atoms in total. The molecule has 1 aliphatic rings. The van der Waals surface area contributed by atoms with Crippen LogP contribution in [0.4, 0.5) is 0 Å². The Labute approximate surface area is 120 Å². The van der Waals surface area contributed by atoms with Crippen LogP contribution in [0.25, 0.3) is 0 Å². The SMILES string of the molecule is OCCCCCCN1C[C@@H](Cc2cnccn2)[C@H](O)C1. The summed E-state index contributed by atoms with van der Waals surface area (Å²) < 4.78 is 0. The lowest BCUT2D eigenvalue weighted by molar-refractivity contribution is 0.141. The Kier molecular flexibility index (Phi) is 6.36. The summed E-state index contributed by atoms with van der Waals surface area (Å²) in [6.45, 7) is 3.05. The summed E-state index contributed by atoms with van der Waals surface area (Å²) in [4.78, 5) is 10.7. The van der Waals surface area contributed by atoms with Crippen LogP contribution in [0, 0.1) is 5.92 Å². The van der Waals surface area contributed by atoms with Crippen molar-refractivity contribution in [2.45, 2.75) is 38.2 Å². The minimum Gasteiger partial charge on any atom is -0.396 e. The van der Waals surface area contributed by atoms with Crippen LogP contribution in [0.3, 0.4) is 0 Å².